The highest BCUT2D eigenvalue weighted by Gasteiger charge is 2.07. The minimum absolute atomic E-state index is 0.252. The fraction of sp³-hybridized carbons (Fsp3) is 0.692. The first-order chi connectivity index (χ1) is 8.51. The molecule has 0 radical (unpaired) electrons. The first-order valence-corrected chi connectivity index (χ1v) is 6.47. The molecule has 0 aliphatic rings. The molecule has 5 nitrogen and oxygen atoms in total. The summed E-state index contributed by atoms with van der Waals surface area (Å²) in [4.78, 5) is 23.3. The molecule has 1 N–H and O–H groups in total. The smallest absolute Gasteiger partial charge is 0.311 e. The summed E-state index contributed by atoms with van der Waals surface area (Å²) in [5.74, 6) is 0.647. The van der Waals surface area contributed by atoms with E-state index in [0.29, 0.717) is 12.5 Å². The SMILES string of the molecule is CCC(CC)CNCc1cc(=O)n(C)c(=O)n1C. The molecule has 1 rings (SSSR count). The van der Waals surface area contributed by atoms with Gasteiger partial charge in [-0.15, -0.1) is 0 Å². The minimum atomic E-state index is -0.276. The van der Waals surface area contributed by atoms with Gasteiger partial charge in [0.25, 0.3) is 5.56 Å². The number of hydrogen-bond donors (Lipinski definition) is 1. The Morgan fingerprint density at radius 2 is 1.78 bits per heavy atom. The first kappa shape index (κ1) is 14.7. The number of hydrogen-bond acceptors (Lipinski definition) is 3. The van der Waals surface area contributed by atoms with Gasteiger partial charge >= 0.3 is 5.69 Å². The summed E-state index contributed by atoms with van der Waals surface area (Å²) in [6.45, 7) is 5.81. The van der Waals surface area contributed by atoms with Crippen LogP contribution in [-0.4, -0.2) is 15.7 Å². The molecule has 0 unspecified atom stereocenters. The lowest BCUT2D eigenvalue weighted by Crippen LogP contribution is -2.39. The predicted molar refractivity (Wildman–Crippen MR) is 72.7 cm³/mol. The second-order valence-electron chi connectivity index (χ2n) is 4.69. The Hall–Kier alpha value is -1.36. The van der Waals surface area contributed by atoms with Crippen molar-refractivity contribution in [2.45, 2.75) is 33.2 Å². The van der Waals surface area contributed by atoms with Crippen LogP contribution in [0.15, 0.2) is 15.7 Å². The first-order valence-electron chi connectivity index (χ1n) is 6.47. The second-order valence-corrected chi connectivity index (χ2v) is 4.69. The van der Waals surface area contributed by atoms with E-state index in [1.54, 1.807) is 7.05 Å². The van der Waals surface area contributed by atoms with Crippen molar-refractivity contribution in [1.29, 1.82) is 0 Å². The van der Waals surface area contributed by atoms with Crippen molar-refractivity contribution in [2.24, 2.45) is 20.0 Å². The van der Waals surface area contributed by atoms with Gasteiger partial charge in [-0.1, -0.05) is 26.7 Å². The number of aromatic nitrogens is 2. The summed E-state index contributed by atoms with van der Waals surface area (Å²) in [7, 11) is 3.18. The lowest BCUT2D eigenvalue weighted by atomic mass is 10.0. The van der Waals surface area contributed by atoms with Crippen molar-refractivity contribution in [1.82, 2.24) is 14.5 Å². The summed E-state index contributed by atoms with van der Waals surface area (Å²) in [6, 6.07) is 1.52. The van der Waals surface area contributed by atoms with Crippen molar-refractivity contribution in [3.63, 3.8) is 0 Å². The van der Waals surface area contributed by atoms with E-state index in [9.17, 15) is 9.59 Å². The van der Waals surface area contributed by atoms with Gasteiger partial charge in [0, 0.05) is 32.4 Å². The van der Waals surface area contributed by atoms with Crippen molar-refractivity contribution in [3.8, 4) is 0 Å². The fourth-order valence-electron chi connectivity index (χ4n) is 1.93. The van der Waals surface area contributed by atoms with Crippen LogP contribution in [0.3, 0.4) is 0 Å². The maximum absolute atomic E-state index is 11.7. The predicted octanol–water partition coefficient (Wildman–Crippen LogP) is 0.610. The van der Waals surface area contributed by atoms with Gasteiger partial charge < -0.3 is 5.32 Å². The van der Waals surface area contributed by atoms with Gasteiger partial charge in [0.1, 0.15) is 0 Å². The molecular formula is C13H23N3O2. The third-order valence-corrected chi connectivity index (χ3v) is 3.52. The van der Waals surface area contributed by atoms with E-state index in [2.05, 4.69) is 19.2 Å². The zero-order valence-electron chi connectivity index (χ0n) is 11.7. The van der Waals surface area contributed by atoms with Gasteiger partial charge in [0.05, 0.1) is 0 Å². The van der Waals surface area contributed by atoms with Crippen LogP contribution in [0, 0.1) is 5.92 Å². The monoisotopic (exact) mass is 253 g/mol. The highest BCUT2D eigenvalue weighted by atomic mass is 16.2. The molecule has 0 spiro atoms. The third-order valence-electron chi connectivity index (χ3n) is 3.52. The van der Waals surface area contributed by atoms with E-state index in [4.69, 9.17) is 0 Å². The summed E-state index contributed by atoms with van der Waals surface area (Å²) >= 11 is 0. The van der Waals surface area contributed by atoms with Gasteiger partial charge in [-0.2, -0.15) is 0 Å². The molecule has 18 heavy (non-hydrogen) atoms. The summed E-state index contributed by atoms with van der Waals surface area (Å²) < 4.78 is 2.63. The molecule has 0 saturated carbocycles. The van der Waals surface area contributed by atoms with E-state index in [0.717, 1.165) is 29.6 Å². The summed E-state index contributed by atoms with van der Waals surface area (Å²) in [5, 5.41) is 3.31. The lowest BCUT2D eigenvalue weighted by molar-refractivity contribution is 0.443. The minimum Gasteiger partial charge on any atom is -0.311 e. The second kappa shape index (κ2) is 6.54. The van der Waals surface area contributed by atoms with E-state index in [1.165, 1.54) is 17.7 Å². The normalized spacial score (nSPS) is 11.2. The number of nitrogens with zero attached hydrogens (tertiary/aromatic N) is 2. The molecule has 0 fully saturated rings. The summed E-state index contributed by atoms with van der Waals surface area (Å²) in [6.07, 6.45) is 2.28. The van der Waals surface area contributed by atoms with Crippen molar-refractivity contribution >= 4 is 0 Å². The lowest BCUT2D eigenvalue weighted by Gasteiger charge is -2.14. The fourth-order valence-corrected chi connectivity index (χ4v) is 1.93. The van der Waals surface area contributed by atoms with Gasteiger partial charge in [0.15, 0.2) is 0 Å². The molecule has 0 aliphatic heterocycles. The zero-order chi connectivity index (χ0) is 13.7. The summed E-state index contributed by atoms with van der Waals surface area (Å²) in [5.41, 5.74) is 0.202. The van der Waals surface area contributed by atoms with E-state index in [-0.39, 0.29) is 11.2 Å². The molecule has 1 aromatic rings. The van der Waals surface area contributed by atoms with Crippen LogP contribution in [0.2, 0.25) is 0 Å². The van der Waals surface area contributed by atoms with Crippen molar-refractivity contribution in [3.05, 3.63) is 32.6 Å². The van der Waals surface area contributed by atoms with Crippen LogP contribution in [-0.2, 0) is 20.6 Å². The van der Waals surface area contributed by atoms with Gasteiger partial charge in [-0.3, -0.25) is 13.9 Å². The van der Waals surface area contributed by atoms with Crippen LogP contribution >= 0.6 is 0 Å². The Kier molecular flexibility index (Phi) is 5.34. The molecule has 0 bridgehead atoms. The molecule has 0 amide bonds. The number of rotatable bonds is 6. The van der Waals surface area contributed by atoms with Crippen LogP contribution < -0.4 is 16.6 Å². The Morgan fingerprint density at radius 3 is 2.33 bits per heavy atom. The van der Waals surface area contributed by atoms with E-state index < -0.39 is 0 Å². The molecule has 0 saturated heterocycles. The standard InChI is InChI=1S/C13H23N3O2/c1-5-10(6-2)8-14-9-11-7-12(17)16(4)13(18)15(11)3/h7,10,14H,5-6,8-9H2,1-4H3. The molecule has 0 aliphatic carbocycles. The topological polar surface area (TPSA) is 56.0 Å². The maximum atomic E-state index is 11.7. The van der Waals surface area contributed by atoms with E-state index >= 15 is 0 Å². The highest BCUT2D eigenvalue weighted by molar-refractivity contribution is 5.01. The molecule has 1 heterocycles. The molecule has 5 heteroatoms. The Bertz CT molecular complexity index is 498. The molecule has 0 aromatic carbocycles. The van der Waals surface area contributed by atoms with Gasteiger partial charge in [-0.25, -0.2) is 4.79 Å². The Balaban J connectivity index is 2.75. The van der Waals surface area contributed by atoms with Crippen LogP contribution in [0.4, 0.5) is 0 Å². The molecule has 102 valence electrons. The van der Waals surface area contributed by atoms with Gasteiger partial charge in [-0.05, 0) is 12.5 Å². The Morgan fingerprint density at radius 1 is 1.17 bits per heavy atom. The van der Waals surface area contributed by atoms with Crippen LogP contribution in [0.1, 0.15) is 32.4 Å². The maximum Gasteiger partial charge on any atom is 0.330 e. The average Bonchev–Trinajstić information content (AvgIpc) is 2.38. The largest absolute Gasteiger partial charge is 0.330 e. The zero-order valence-corrected chi connectivity index (χ0v) is 11.7. The van der Waals surface area contributed by atoms with Crippen molar-refractivity contribution in [2.75, 3.05) is 6.54 Å². The quantitative estimate of drug-likeness (QED) is 0.808. The van der Waals surface area contributed by atoms with Crippen LogP contribution in [0.25, 0.3) is 0 Å². The van der Waals surface area contributed by atoms with Crippen molar-refractivity contribution < 1.29 is 0 Å². The van der Waals surface area contributed by atoms with Crippen LogP contribution in [0.5, 0.6) is 0 Å². The van der Waals surface area contributed by atoms with Gasteiger partial charge in [0.2, 0.25) is 0 Å². The highest BCUT2D eigenvalue weighted by Crippen LogP contribution is 2.05. The molecule has 1 aromatic heterocycles. The average molecular weight is 253 g/mol. The Labute approximate surface area is 107 Å². The van der Waals surface area contributed by atoms with E-state index in [1.807, 2.05) is 0 Å². The third kappa shape index (κ3) is 3.32. The molecule has 0 atom stereocenters. The molecular weight excluding hydrogens is 230 g/mol. The number of nitrogens with one attached hydrogen (secondary N) is 1.